The lowest BCUT2D eigenvalue weighted by atomic mass is 10.3. The van der Waals surface area contributed by atoms with Crippen LogP contribution in [-0.2, 0) is 7.05 Å². The van der Waals surface area contributed by atoms with E-state index in [4.69, 9.17) is 11.6 Å². The zero-order valence-corrected chi connectivity index (χ0v) is 11.8. The van der Waals surface area contributed by atoms with E-state index in [2.05, 4.69) is 10.4 Å². The van der Waals surface area contributed by atoms with Crippen LogP contribution in [0.5, 0.6) is 0 Å². The maximum Gasteiger partial charge on any atom is 0.271 e. The van der Waals surface area contributed by atoms with Crippen molar-refractivity contribution in [2.45, 2.75) is 13.3 Å². The minimum absolute atomic E-state index is 0.138. The minimum Gasteiger partial charge on any atom is -0.351 e. The highest BCUT2D eigenvalue weighted by Gasteiger charge is 2.14. The van der Waals surface area contributed by atoms with E-state index < -0.39 is 0 Å². The Kier molecular flexibility index (Phi) is 4.04. The number of aryl methyl sites for hydroxylation is 1. The Bertz CT molecular complexity index is 561. The van der Waals surface area contributed by atoms with Crippen molar-refractivity contribution in [3.8, 4) is 10.6 Å². The van der Waals surface area contributed by atoms with E-state index in [0.29, 0.717) is 12.2 Å². The second-order valence-electron chi connectivity index (χ2n) is 3.90. The lowest BCUT2D eigenvalue weighted by Crippen LogP contribution is -2.24. The van der Waals surface area contributed by atoms with E-state index in [9.17, 15) is 4.79 Å². The van der Waals surface area contributed by atoms with Gasteiger partial charge in [0.25, 0.3) is 5.91 Å². The van der Waals surface area contributed by atoms with Crippen LogP contribution in [0.3, 0.4) is 0 Å². The van der Waals surface area contributed by atoms with Gasteiger partial charge >= 0.3 is 0 Å². The first kappa shape index (κ1) is 13.1. The fraction of sp³-hybridized carbons (Fsp3) is 0.333. The van der Waals surface area contributed by atoms with Crippen molar-refractivity contribution >= 4 is 28.8 Å². The lowest BCUT2D eigenvalue weighted by molar-refractivity contribution is 0.0948. The normalized spacial score (nSPS) is 10.6. The molecule has 0 saturated heterocycles. The van der Waals surface area contributed by atoms with E-state index in [0.717, 1.165) is 21.3 Å². The summed E-state index contributed by atoms with van der Waals surface area (Å²) >= 11 is 7.38. The van der Waals surface area contributed by atoms with Crippen molar-refractivity contribution in [3.05, 3.63) is 28.2 Å². The van der Waals surface area contributed by atoms with Gasteiger partial charge in [-0.15, -0.1) is 11.3 Å². The molecule has 0 fully saturated rings. The molecule has 2 rings (SSSR count). The number of nitrogens with zero attached hydrogens (tertiary/aromatic N) is 2. The molecular weight excluding hydrogens is 270 g/mol. The molecule has 0 bridgehead atoms. The van der Waals surface area contributed by atoms with Crippen LogP contribution in [-0.4, -0.2) is 22.2 Å². The lowest BCUT2D eigenvalue weighted by Gasteiger charge is -1.98. The molecule has 0 aromatic carbocycles. The Balaban J connectivity index is 2.24. The van der Waals surface area contributed by atoms with E-state index in [1.54, 1.807) is 10.7 Å². The number of hydrogen-bond acceptors (Lipinski definition) is 3. The number of carbonyl (C=O) groups excluding carboxylic acids is 1. The van der Waals surface area contributed by atoms with Crippen molar-refractivity contribution in [2.75, 3.05) is 6.54 Å². The number of thiophene rings is 1. The highest BCUT2D eigenvalue weighted by atomic mass is 35.5. The summed E-state index contributed by atoms with van der Waals surface area (Å²) in [6.45, 7) is 2.67. The molecule has 0 saturated carbocycles. The number of nitrogens with one attached hydrogen (secondary N) is 1. The average molecular weight is 284 g/mol. The number of rotatable bonds is 4. The molecule has 0 radical (unpaired) electrons. The van der Waals surface area contributed by atoms with Gasteiger partial charge in [0.2, 0.25) is 0 Å². The molecule has 1 N–H and O–H groups in total. The van der Waals surface area contributed by atoms with Crippen LogP contribution in [0.1, 0.15) is 23.8 Å². The zero-order valence-electron chi connectivity index (χ0n) is 10.2. The van der Waals surface area contributed by atoms with Crippen LogP contribution in [0.15, 0.2) is 18.2 Å². The fourth-order valence-corrected chi connectivity index (χ4v) is 2.68. The SMILES string of the molecule is CCCNC(=O)c1cc(-c2ccc(Cl)s2)n(C)n1. The van der Waals surface area contributed by atoms with Crippen LogP contribution >= 0.6 is 22.9 Å². The summed E-state index contributed by atoms with van der Waals surface area (Å²) in [4.78, 5) is 12.8. The number of aromatic nitrogens is 2. The predicted molar refractivity (Wildman–Crippen MR) is 74.2 cm³/mol. The Morgan fingerprint density at radius 1 is 1.56 bits per heavy atom. The molecule has 0 unspecified atom stereocenters. The third kappa shape index (κ3) is 2.73. The van der Waals surface area contributed by atoms with Gasteiger partial charge in [0.05, 0.1) is 14.9 Å². The molecular formula is C12H14ClN3OS. The molecule has 2 aromatic heterocycles. The monoisotopic (exact) mass is 283 g/mol. The maximum absolute atomic E-state index is 11.8. The number of amides is 1. The second-order valence-corrected chi connectivity index (χ2v) is 5.61. The van der Waals surface area contributed by atoms with E-state index in [1.165, 1.54) is 11.3 Å². The molecule has 0 spiro atoms. The van der Waals surface area contributed by atoms with Crippen LogP contribution in [0.25, 0.3) is 10.6 Å². The number of halogens is 1. The highest BCUT2D eigenvalue weighted by Crippen LogP contribution is 2.30. The molecule has 0 aliphatic heterocycles. The average Bonchev–Trinajstić information content (AvgIpc) is 2.92. The molecule has 96 valence electrons. The smallest absolute Gasteiger partial charge is 0.271 e. The van der Waals surface area contributed by atoms with Gasteiger partial charge in [0.15, 0.2) is 5.69 Å². The summed E-state index contributed by atoms with van der Waals surface area (Å²) in [7, 11) is 1.82. The third-order valence-electron chi connectivity index (χ3n) is 2.47. The topological polar surface area (TPSA) is 46.9 Å². The van der Waals surface area contributed by atoms with E-state index >= 15 is 0 Å². The van der Waals surface area contributed by atoms with Crippen molar-refractivity contribution in [1.29, 1.82) is 0 Å². The molecule has 0 atom stereocenters. The molecule has 0 aliphatic carbocycles. The standard InChI is InChI=1S/C12H14ClN3OS/c1-3-6-14-12(17)8-7-9(16(2)15-8)10-4-5-11(13)18-10/h4-5,7H,3,6H2,1-2H3,(H,14,17). The van der Waals surface area contributed by atoms with Gasteiger partial charge in [-0.25, -0.2) is 0 Å². The first-order valence-corrected chi connectivity index (χ1v) is 6.89. The van der Waals surface area contributed by atoms with Gasteiger partial charge in [0.1, 0.15) is 0 Å². The van der Waals surface area contributed by atoms with Crippen molar-refractivity contribution in [1.82, 2.24) is 15.1 Å². The van der Waals surface area contributed by atoms with Gasteiger partial charge < -0.3 is 5.32 Å². The minimum atomic E-state index is -0.138. The van der Waals surface area contributed by atoms with Crippen LogP contribution in [0, 0.1) is 0 Å². The first-order valence-electron chi connectivity index (χ1n) is 5.69. The quantitative estimate of drug-likeness (QED) is 0.938. The molecule has 0 aliphatic rings. The Morgan fingerprint density at radius 3 is 2.94 bits per heavy atom. The zero-order chi connectivity index (χ0) is 13.1. The molecule has 18 heavy (non-hydrogen) atoms. The maximum atomic E-state index is 11.8. The van der Waals surface area contributed by atoms with Crippen molar-refractivity contribution in [2.24, 2.45) is 7.05 Å². The van der Waals surface area contributed by atoms with Gasteiger partial charge in [-0.3, -0.25) is 9.48 Å². The van der Waals surface area contributed by atoms with Crippen molar-refractivity contribution in [3.63, 3.8) is 0 Å². The molecule has 6 heteroatoms. The molecule has 1 amide bonds. The van der Waals surface area contributed by atoms with E-state index in [1.807, 2.05) is 26.1 Å². The summed E-state index contributed by atoms with van der Waals surface area (Å²) < 4.78 is 2.42. The van der Waals surface area contributed by atoms with Gasteiger partial charge in [0, 0.05) is 13.6 Å². The van der Waals surface area contributed by atoms with Gasteiger partial charge in [-0.1, -0.05) is 18.5 Å². The van der Waals surface area contributed by atoms with Crippen molar-refractivity contribution < 1.29 is 4.79 Å². The predicted octanol–water partition coefficient (Wildman–Crippen LogP) is 2.94. The second kappa shape index (κ2) is 5.54. The Morgan fingerprint density at radius 2 is 2.33 bits per heavy atom. The summed E-state index contributed by atoms with van der Waals surface area (Å²) in [5.74, 6) is -0.138. The Labute approximate surface area is 115 Å². The van der Waals surface area contributed by atoms with Crippen LogP contribution < -0.4 is 5.32 Å². The summed E-state index contributed by atoms with van der Waals surface area (Å²) in [6, 6.07) is 5.55. The molecule has 2 aromatic rings. The highest BCUT2D eigenvalue weighted by molar-refractivity contribution is 7.19. The summed E-state index contributed by atoms with van der Waals surface area (Å²) in [6.07, 6.45) is 0.909. The number of carbonyl (C=O) groups is 1. The van der Waals surface area contributed by atoms with E-state index in [-0.39, 0.29) is 5.91 Å². The first-order chi connectivity index (χ1) is 8.61. The van der Waals surface area contributed by atoms with Crippen LogP contribution in [0.2, 0.25) is 4.34 Å². The Hall–Kier alpha value is -1.33. The van der Waals surface area contributed by atoms with Gasteiger partial charge in [-0.2, -0.15) is 5.10 Å². The third-order valence-corrected chi connectivity index (χ3v) is 3.73. The largest absolute Gasteiger partial charge is 0.351 e. The van der Waals surface area contributed by atoms with Crippen LogP contribution in [0.4, 0.5) is 0 Å². The molecule has 4 nitrogen and oxygen atoms in total. The summed E-state index contributed by atoms with van der Waals surface area (Å²) in [5, 5.41) is 7.03. The summed E-state index contributed by atoms with van der Waals surface area (Å²) in [5.41, 5.74) is 1.33. The van der Waals surface area contributed by atoms with Gasteiger partial charge in [-0.05, 0) is 24.6 Å². The fourth-order valence-electron chi connectivity index (χ4n) is 1.59. The molecule has 2 heterocycles. The number of hydrogen-bond donors (Lipinski definition) is 1.